The number of benzene rings is 1. The number of halogens is 2. The van der Waals surface area contributed by atoms with Crippen molar-refractivity contribution in [2.45, 2.75) is 12.8 Å². The van der Waals surface area contributed by atoms with Gasteiger partial charge in [0.15, 0.2) is 5.82 Å². The third kappa shape index (κ3) is 1.66. The smallest absolute Gasteiger partial charge is 0.310 e. The Bertz CT molecular complexity index is 379. The summed E-state index contributed by atoms with van der Waals surface area (Å²) in [6.07, 6.45) is 0. The molecule has 3 N–H and O–H groups in total. The van der Waals surface area contributed by atoms with Crippen LogP contribution in [0.2, 0.25) is 0 Å². The fourth-order valence-electron chi connectivity index (χ4n) is 1.11. The van der Waals surface area contributed by atoms with E-state index < -0.39 is 29.1 Å². The molecular formula is C9H9F2NO2. The van der Waals surface area contributed by atoms with Crippen molar-refractivity contribution in [3.05, 3.63) is 29.3 Å². The van der Waals surface area contributed by atoms with Crippen LogP contribution in [-0.2, 0) is 4.79 Å². The number of carbonyl (C=O) groups is 1. The Morgan fingerprint density at radius 2 is 2.07 bits per heavy atom. The van der Waals surface area contributed by atoms with Gasteiger partial charge in [-0.15, -0.1) is 0 Å². The molecule has 0 radical (unpaired) electrons. The molecule has 0 saturated heterocycles. The lowest BCUT2D eigenvalue weighted by Gasteiger charge is -2.10. The highest BCUT2D eigenvalue weighted by Gasteiger charge is 2.23. The molecule has 14 heavy (non-hydrogen) atoms. The van der Waals surface area contributed by atoms with Crippen LogP contribution in [0.25, 0.3) is 0 Å². The fourth-order valence-corrected chi connectivity index (χ4v) is 1.11. The number of hydrogen-bond donors (Lipinski definition) is 2. The molecule has 1 aromatic carbocycles. The Labute approximate surface area is 79.2 Å². The van der Waals surface area contributed by atoms with E-state index in [1.165, 1.54) is 6.92 Å². The number of hydrogen-bond acceptors (Lipinski definition) is 2. The van der Waals surface area contributed by atoms with Crippen molar-refractivity contribution in [2.75, 3.05) is 5.73 Å². The first-order chi connectivity index (χ1) is 6.45. The Hall–Kier alpha value is -1.65. The number of carboxylic acid groups (broad SMARTS) is 1. The number of rotatable bonds is 2. The van der Waals surface area contributed by atoms with Gasteiger partial charge in [-0.05, 0) is 19.1 Å². The van der Waals surface area contributed by atoms with Crippen LogP contribution < -0.4 is 5.73 Å². The molecule has 0 bridgehead atoms. The monoisotopic (exact) mass is 201 g/mol. The predicted molar refractivity (Wildman–Crippen MR) is 46.8 cm³/mol. The molecule has 0 heterocycles. The fraction of sp³-hybridized carbons (Fsp3) is 0.222. The minimum Gasteiger partial charge on any atom is -0.481 e. The third-order valence-electron chi connectivity index (χ3n) is 1.96. The molecule has 1 atom stereocenters. The minimum atomic E-state index is -1.30. The summed E-state index contributed by atoms with van der Waals surface area (Å²) in [6, 6.07) is 2.01. The normalized spacial score (nSPS) is 12.5. The summed E-state index contributed by atoms with van der Waals surface area (Å²) < 4.78 is 26.3. The molecule has 5 heteroatoms. The van der Waals surface area contributed by atoms with E-state index in [9.17, 15) is 13.6 Å². The van der Waals surface area contributed by atoms with E-state index in [4.69, 9.17) is 10.8 Å². The van der Waals surface area contributed by atoms with Crippen LogP contribution in [0, 0.1) is 11.6 Å². The lowest BCUT2D eigenvalue weighted by Crippen LogP contribution is -2.12. The molecule has 0 aliphatic heterocycles. The van der Waals surface area contributed by atoms with Gasteiger partial charge in [-0.25, -0.2) is 8.78 Å². The number of aliphatic carboxylic acids is 1. The first-order valence-corrected chi connectivity index (χ1v) is 3.91. The van der Waals surface area contributed by atoms with Gasteiger partial charge in [-0.3, -0.25) is 4.79 Å². The van der Waals surface area contributed by atoms with Gasteiger partial charge in [0.2, 0.25) is 0 Å². The summed E-state index contributed by atoms with van der Waals surface area (Å²) >= 11 is 0. The molecular weight excluding hydrogens is 192 g/mol. The maximum atomic E-state index is 13.2. The molecule has 1 aromatic rings. The van der Waals surface area contributed by atoms with Crippen molar-refractivity contribution in [1.29, 1.82) is 0 Å². The molecule has 0 saturated carbocycles. The van der Waals surface area contributed by atoms with Crippen molar-refractivity contribution in [3.63, 3.8) is 0 Å². The Balaban J connectivity index is 3.32. The summed E-state index contributed by atoms with van der Waals surface area (Å²) in [5, 5.41) is 8.60. The van der Waals surface area contributed by atoms with Crippen molar-refractivity contribution in [3.8, 4) is 0 Å². The van der Waals surface area contributed by atoms with Gasteiger partial charge in [0.1, 0.15) is 5.82 Å². The van der Waals surface area contributed by atoms with Crippen LogP contribution in [0.4, 0.5) is 14.5 Å². The average molecular weight is 201 g/mol. The maximum Gasteiger partial charge on any atom is 0.310 e. The second-order valence-corrected chi connectivity index (χ2v) is 2.92. The second-order valence-electron chi connectivity index (χ2n) is 2.92. The molecule has 0 spiro atoms. The Morgan fingerprint density at radius 3 is 2.57 bits per heavy atom. The summed E-state index contributed by atoms with van der Waals surface area (Å²) in [7, 11) is 0. The van der Waals surface area contributed by atoms with E-state index in [0.717, 1.165) is 12.1 Å². The molecule has 0 unspecified atom stereocenters. The second kappa shape index (κ2) is 3.61. The molecule has 0 fully saturated rings. The van der Waals surface area contributed by atoms with E-state index in [1.807, 2.05) is 0 Å². The zero-order valence-electron chi connectivity index (χ0n) is 7.42. The molecule has 76 valence electrons. The van der Waals surface area contributed by atoms with E-state index in [1.54, 1.807) is 0 Å². The standard InChI is InChI=1S/C9H9F2NO2/c1-4(9(13)14)7-5(10)2-3-6(12)8(7)11/h2-4H,12H2,1H3,(H,13,14)/t4-/m1/s1. The van der Waals surface area contributed by atoms with Crippen molar-refractivity contribution >= 4 is 11.7 Å². The summed E-state index contributed by atoms with van der Waals surface area (Å²) in [4.78, 5) is 10.5. The zero-order valence-corrected chi connectivity index (χ0v) is 7.42. The molecule has 1 rings (SSSR count). The zero-order chi connectivity index (χ0) is 10.9. The minimum absolute atomic E-state index is 0.255. The first kappa shape index (κ1) is 10.4. The largest absolute Gasteiger partial charge is 0.481 e. The highest BCUT2D eigenvalue weighted by molar-refractivity contribution is 5.76. The van der Waals surface area contributed by atoms with Gasteiger partial charge in [-0.1, -0.05) is 0 Å². The van der Waals surface area contributed by atoms with Gasteiger partial charge < -0.3 is 10.8 Å². The van der Waals surface area contributed by atoms with Crippen LogP contribution in [0.15, 0.2) is 12.1 Å². The van der Waals surface area contributed by atoms with Gasteiger partial charge in [0.05, 0.1) is 11.6 Å². The summed E-state index contributed by atoms with van der Waals surface area (Å²) in [5.74, 6) is -4.45. The Kier molecular flexibility index (Phi) is 2.69. The average Bonchev–Trinajstić information content (AvgIpc) is 2.12. The highest BCUT2D eigenvalue weighted by atomic mass is 19.1. The SMILES string of the molecule is C[C@@H](C(=O)O)c1c(F)ccc(N)c1F. The maximum absolute atomic E-state index is 13.2. The topological polar surface area (TPSA) is 63.3 Å². The van der Waals surface area contributed by atoms with Crippen LogP contribution in [-0.4, -0.2) is 11.1 Å². The van der Waals surface area contributed by atoms with Crippen molar-refractivity contribution < 1.29 is 18.7 Å². The van der Waals surface area contributed by atoms with Crippen LogP contribution in [0.5, 0.6) is 0 Å². The number of anilines is 1. The van der Waals surface area contributed by atoms with Crippen molar-refractivity contribution in [2.24, 2.45) is 0 Å². The molecule has 0 aliphatic carbocycles. The van der Waals surface area contributed by atoms with E-state index in [-0.39, 0.29) is 5.69 Å². The Morgan fingerprint density at radius 1 is 1.50 bits per heavy atom. The highest BCUT2D eigenvalue weighted by Crippen LogP contribution is 2.26. The summed E-state index contributed by atoms with van der Waals surface area (Å²) in [6.45, 7) is 1.20. The first-order valence-electron chi connectivity index (χ1n) is 3.91. The third-order valence-corrected chi connectivity index (χ3v) is 1.96. The molecule has 3 nitrogen and oxygen atoms in total. The van der Waals surface area contributed by atoms with Gasteiger partial charge >= 0.3 is 5.97 Å². The molecule has 0 aliphatic rings. The van der Waals surface area contributed by atoms with E-state index >= 15 is 0 Å². The van der Waals surface area contributed by atoms with Gasteiger partial charge in [-0.2, -0.15) is 0 Å². The molecule has 0 amide bonds. The quantitative estimate of drug-likeness (QED) is 0.716. The van der Waals surface area contributed by atoms with E-state index in [2.05, 4.69) is 0 Å². The number of nitrogen functional groups attached to an aromatic ring is 1. The van der Waals surface area contributed by atoms with Crippen molar-refractivity contribution in [1.82, 2.24) is 0 Å². The number of nitrogens with two attached hydrogens (primary N) is 1. The van der Waals surface area contributed by atoms with Crippen LogP contribution >= 0.6 is 0 Å². The van der Waals surface area contributed by atoms with Gasteiger partial charge in [0.25, 0.3) is 0 Å². The predicted octanol–water partition coefficient (Wildman–Crippen LogP) is 1.74. The molecule has 0 aromatic heterocycles. The number of carboxylic acids is 1. The van der Waals surface area contributed by atoms with E-state index in [0.29, 0.717) is 0 Å². The van der Waals surface area contributed by atoms with Crippen LogP contribution in [0.1, 0.15) is 18.4 Å². The van der Waals surface area contributed by atoms with Gasteiger partial charge in [0, 0.05) is 5.56 Å². The lowest BCUT2D eigenvalue weighted by molar-refractivity contribution is -0.138. The van der Waals surface area contributed by atoms with Crippen LogP contribution in [0.3, 0.4) is 0 Å². The summed E-state index contributed by atoms with van der Waals surface area (Å²) in [5.41, 5.74) is 4.44. The lowest BCUT2D eigenvalue weighted by atomic mass is 9.99.